The summed E-state index contributed by atoms with van der Waals surface area (Å²) >= 11 is 6.19. The molecule has 0 atom stereocenters. The molecule has 2 heterocycles. The van der Waals surface area contributed by atoms with E-state index in [0.29, 0.717) is 22.5 Å². The minimum atomic E-state index is 0.598. The third-order valence-electron chi connectivity index (χ3n) is 5.40. The average molecular weight is 434 g/mol. The monoisotopic (exact) mass is 433 g/mol. The Kier molecular flexibility index (Phi) is 4.44. The first-order chi connectivity index (χ1) is 15.8. The quantitative estimate of drug-likeness (QED) is 0.291. The summed E-state index contributed by atoms with van der Waals surface area (Å²) in [7, 11) is 0. The molecule has 0 spiro atoms. The maximum absolute atomic E-state index is 6.19. The molecule has 0 aliphatic carbocycles. The molecule has 6 rings (SSSR count). The van der Waals surface area contributed by atoms with Gasteiger partial charge < -0.3 is 4.42 Å². The van der Waals surface area contributed by atoms with Crippen molar-refractivity contribution in [3.8, 4) is 34.2 Å². The Labute approximate surface area is 189 Å². The molecule has 4 nitrogen and oxygen atoms in total. The molecule has 0 radical (unpaired) electrons. The fourth-order valence-electron chi connectivity index (χ4n) is 3.91. The highest BCUT2D eigenvalue weighted by Crippen LogP contribution is 2.37. The lowest BCUT2D eigenvalue weighted by molar-refractivity contribution is 0.669. The maximum Gasteiger partial charge on any atom is 0.164 e. The van der Waals surface area contributed by atoms with E-state index in [-0.39, 0.29) is 0 Å². The number of aromatic nitrogens is 3. The van der Waals surface area contributed by atoms with Crippen molar-refractivity contribution in [2.75, 3.05) is 0 Å². The number of halogens is 1. The molecule has 0 saturated heterocycles. The molecule has 0 N–H and O–H groups in total. The second kappa shape index (κ2) is 7.59. The maximum atomic E-state index is 6.19. The van der Waals surface area contributed by atoms with E-state index in [1.54, 1.807) is 0 Å². The molecular formula is C27H16ClN3O. The van der Waals surface area contributed by atoms with Crippen molar-refractivity contribution in [1.29, 1.82) is 0 Å². The predicted octanol–water partition coefficient (Wildman–Crippen LogP) is 7.43. The van der Waals surface area contributed by atoms with Gasteiger partial charge in [-0.1, -0.05) is 84.4 Å². The number of hydrogen-bond donors (Lipinski definition) is 0. The Bertz CT molecular complexity index is 1520. The Balaban J connectivity index is 1.65. The summed E-state index contributed by atoms with van der Waals surface area (Å²) in [5, 5.41) is 2.57. The first-order valence-electron chi connectivity index (χ1n) is 10.2. The van der Waals surface area contributed by atoms with Crippen LogP contribution in [0.4, 0.5) is 0 Å². The van der Waals surface area contributed by atoms with Crippen molar-refractivity contribution >= 4 is 33.5 Å². The van der Waals surface area contributed by atoms with Crippen LogP contribution < -0.4 is 0 Å². The standard InChI is InChI=1S/C27H16ClN3O/c28-19-14-15-20-23(16-19)32-22-13-7-12-21(24(20)22)27-30-25(17-8-3-1-4-9-17)29-26(31-27)18-10-5-2-6-11-18/h1-16H. The van der Waals surface area contributed by atoms with Gasteiger partial charge in [-0.2, -0.15) is 0 Å². The molecule has 0 aliphatic heterocycles. The van der Waals surface area contributed by atoms with Crippen LogP contribution in [0.5, 0.6) is 0 Å². The topological polar surface area (TPSA) is 51.8 Å². The second-order valence-corrected chi connectivity index (χ2v) is 7.90. The molecule has 0 fully saturated rings. The molecule has 152 valence electrons. The summed E-state index contributed by atoms with van der Waals surface area (Å²) in [6.07, 6.45) is 0. The van der Waals surface area contributed by atoms with E-state index in [9.17, 15) is 0 Å². The summed E-state index contributed by atoms with van der Waals surface area (Å²) in [6.45, 7) is 0. The van der Waals surface area contributed by atoms with E-state index in [2.05, 4.69) is 0 Å². The number of rotatable bonds is 3. The number of furan rings is 1. The van der Waals surface area contributed by atoms with Gasteiger partial charge in [0.1, 0.15) is 11.2 Å². The molecule has 0 aliphatic rings. The van der Waals surface area contributed by atoms with Gasteiger partial charge in [0.2, 0.25) is 0 Å². The van der Waals surface area contributed by atoms with Crippen LogP contribution in [0.1, 0.15) is 0 Å². The van der Waals surface area contributed by atoms with Crippen molar-refractivity contribution in [2.45, 2.75) is 0 Å². The van der Waals surface area contributed by atoms with Crippen LogP contribution in [0.2, 0.25) is 5.02 Å². The second-order valence-electron chi connectivity index (χ2n) is 7.46. The highest BCUT2D eigenvalue weighted by molar-refractivity contribution is 6.31. The number of nitrogens with zero attached hydrogens (tertiary/aromatic N) is 3. The molecule has 5 heteroatoms. The van der Waals surface area contributed by atoms with Gasteiger partial charge in [-0.15, -0.1) is 0 Å². The SMILES string of the molecule is Clc1ccc2c(c1)oc1cccc(-c3nc(-c4ccccc4)nc(-c4ccccc4)n3)c12. The van der Waals surface area contributed by atoms with Crippen molar-refractivity contribution in [3.05, 3.63) is 102 Å². The van der Waals surface area contributed by atoms with Gasteiger partial charge >= 0.3 is 0 Å². The summed E-state index contributed by atoms with van der Waals surface area (Å²) < 4.78 is 6.07. The van der Waals surface area contributed by atoms with E-state index in [1.807, 2.05) is 97.1 Å². The third kappa shape index (κ3) is 3.22. The molecule has 2 aromatic heterocycles. The normalized spacial score (nSPS) is 11.3. The van der Waals surface area contributed by atoms with Gasteiger partial charge in [0, 0.05) is 38.6 Å². The van der Waals surface area contributed by atoms with Crippen LogP contribution in [0.25, 0.3) is 56.1 Å². The Morgan fingerprint density at radius 2 is 1.19 bits per heavy atom. The van der Waals surface area contributed by atoms with Crippen molar-refractivity contribution < 1.29 is 4.42 Å². The van der Waals surface area contributed by atoms with Crippen LogP contribution in [-0.4, -0.2) is 15.0 Å². The van der Waals surface area contributed by atoms with Gasteiger partial charge in [0.05, 0.1) is 0 Å². The van der Waals surface area contributed by atoms with Gasteiger partial charge in [-0.05, 0) is 18.2 Å². The largest absolute Gasteiger partial charge is 0.456 e. The molecule has 6 aromatic rings. The van der Waals surface area contributed by atoms with Gasteiger partial charge in [-0.3, -0.25) is 0 Å². The highest BCUT2D eigenvalue weighted by atomic mass is 35.5. The Hall–Kier alpha value is -4.02. The fourth-order valence-corrected chi connectivity index (χ4v) is 4.08. The zero-order chi connectivity index (χ0) is 21.5. The Morgan fingerprint density at radius 3 is 1.84 bits per heavy atom. The fraction of sp³-hybridized carbons (Fsp3) is 0. The van der Waals surface area contributed by atoms with E-state index in [0.717, 1.165) is 38.6 Å². The molecule has 4 aromatic carbocycles. The lowest BCUT2D eigenvalue weighted by Gasteiger charge is -2.09. The minimum Gasteiger partial charge on any atom is -0.456 e. The number of fused-ring (bicyclic) bond motifs is 3. The predicted molar refractivity (Wildman–Crippen MR) is 128 cm³/mol. The van der Waals surface area contributed by atoms with Crippen LogP contribution in [0, 0.1) is 0 Å². The van der Waals surface area contributed by atoms with E-state index in [1.165, 1.54) is 0 Å². The number of hydrogen-bond acceptors (Lipinski definition) is 4. The van der Waals surface area contributed by atoms with Crippen LogP contribution in [0.15, 0.2) is 101 Å². The average Bonchev–Trinajstić information content (AvgIpc) is 3.22. The van der Waals surface area contributed by atoms with Crippen LogP contribution in [-0.2, 0) is 0 Å². The summed E-state index contributed by atoms with van der Waals surface area (Å²) in [6, 6.07) is 31.5. The van der Waals surface area contributed by atoms with Gasteiger partial charge in [0.25, 0.3) is 0 Å². The van der Waals surface area contributed by atoms with Crippen LogP contribution >= 0.6 is 11.6 Å². The zero-order valence-corrected chi connectivity index (χ0v) is 17.6. The highest BCUT2D eigenvalue weighted by Gasteiger charge is 2.17. The molecule has 0 saturated carbocycles. The lowest BCUT2D eigenvalue weighted by Crippen LogP contribution is -2.00. The van der Waals surface area contributed by atoms with E-state index in [4.69, 9.17) is 31.0 Å². The first-order valence-corrected chi connectivity index (χ1v) is 10.6. The summed E-state index contributed by atoms with van der Waals surface area (Å²) in [5.41, 5.74) is 4.26. The van der Waals surface area contributed by atoms with Crippen molar-refractivity contribution in [3.63, 3.8) is 0 Å². The summed E-state index contributed by atoms with van der Waals surface area (Å²) in [5.74, 6) is 1.85. The van der Waals surface area contributed by atoms with Gasteiger partial charge in [-0.25, -0.2) is 15.0 Å². The minimum absolute atomic E-state index is 0.598. The molecule has 0 amide bonds. The molecule has 32 heavy (non-hydrogen) atoms. The smallest absolute Gasteiger partial charge is 0.164 e. The first kappa shape index (κ1) is 18.7. The zero-order valence-electron chi connectivity index (χ0n) is 16.9. The van der Waals surface area contributed by atoms with E-state index >= 15 is 0 Å². The third-order valence-corrected chi connectivity index (χ3v) is 5.63. The molecule has 0 unspecified atom stereocenters. The van der Waals surface area contributed by atoms with Crippen molar-refractivity contribution in [1.82, 2.24) is 15.0 Å². The van der Waals surface area contributed by atoms with Crippen molar-refractivity contribution in [2.24, 2.45) is 0 Å². The molecular weight excluding hydrogens is 418 g/mol. The molecule has 0 bridgehead atoms. The summed E-state index contributed by atoms with van der Waals surface area (Å²) in [4.78, 5) is 14.5. The van der Waals surface area contributed by atoms with E-state index < -0.39 is 0 Å². The lowest BCUT2D eigenvalue weighted by atomic mass is 10.1. The number of benzene rings is 4. The Morgan fingerprint density at radius 1 is 0.562 bits per heavy atom. The van der Waals surface area contributed by atoms with Gasteiger partial charge in [0.15, 0.2) is 17.5 Å². The van der Waals surface area contributed by atoms with Crippen LogP contribution in [0.3, 0.4) is 0 Å².